The molecule has 4 nitrogen and oxygen atoms in total. The Kier molecular flexibility index (Phi) is 4.27. The molecule has 1 atom stereocenters. The quantitative estimate of drug-likeness (QED) is 0.911. The second-order valence-corrected chi connectivity index (χ2v) is 6.28. The van der Waals surface area contributed by atoms with Crippen molar-refractivity contribution in [2.24, 2.45) is 5.92 Å². The van der Waals surface area contributed by atoms with E-state index in [-0.39, 0.29) is 11.7 Å². The van der Waals surface area contributed by atoms with Gasteiger partial charge in [0.05, 0.1) is 4.88 Å². The molecular formula is C15H16FNO3S. The minimum absolute atomic E-state index is 0.224. The number of carbonyl (C=O) groups excluding carboxylic acids is 1. The molecule has 6 heteroatoms. The molecule has 0 aliphatic carbocycles. The van der Waals surface area contributed by atoms with Gasteiger partial charge in [-0.1, -0.05) is 13.8 Å². The lowest BCUT2D eigenvalue weighted by Crippen LogP contribution is -2.44. The maximum atomic E-state index is 13.3. The van der Waals surface area contributed by atoms with Gasteiger partial charge in [0.15, 0.2) is 0 Å². The summed E-state index contributed by atoms with van der Waals surface area (Å²) >= 11 is 1.23. The summed E-state index contributed by atoms with van der Waals surface area (Å²) in [6.07, 6.45) is 0. The van der Waals surface area contributed by atoms with Crippen LogP contribution in [-0.4, -0.2) is 23.0 Å². The van der Waals surface area contributed by atoms with Crippen LogP contribution in [0.15, 0.2) is 18.2 Å². The highest BCUT2D eigenvalue weighted by atomic mass is 32.1. The third-order valence-corrected chi connectivity index (χ3v) is 4.60. The number of rotatable bonds is 4. The zero-order valence-corrected chi connectivity index (χ0v) is 12.8. The number of aliphatic carboxylic acids is 1. The molecule has 21 heavy (non-hydrogen) atoms. The zero-order valence-electron chi connectivity index (χ0n) is 11.9. The molecule has 1 amide bonds. The van der Waals surface area contributed by atoms with Gasteiger partial charge < -0.3 is 10.4 Å². The number of nitrogens with one attached hydrogen (secondary N) is 1. The van der Waals surface area contributed by atoms with Gasteiger partial charge in [0, 0.05) is 4.70 Å². The number of thiophene rings is 1. The standard InChI is InChI=1S/C15H16FNO3S/c1-7(2)12(15(19)20)17-14(18)13-8(3)10-6-9(16)4-5-11(10)21-13/h4-7,12H,1-3H3,(H,17,18)(H,19,20)/t12-/m0/s1. The SMILES string of the molecule is Cc1c(C(=O)N[C@H](C(=O)O)C(C)C)sc2ccc(F)cc12. The van der Waals surface area contributed by atoms with E-state index in [9.17, 15) is 14.0 Å². The van der Waals surface area contributed by atoms with Crippen LogP contribution in [0.3, 0.4) is 0 Å². The predicted octanol–water partition coefficient (Wildman–Crippen LogP) is 3.19. The molecule has 1 heterocycles. The molecule has 0 unspecified atom stereocenters. The Morgan fingerprint density at radius 2 is 2.00 bits per heavy atom. The molecule has 112 valence electrons. The molecule has 0 saturated carbocycles. The van der Waals surface area contributed by atoms with Gasteiger partial charge in [-0.25, -0.2) is 9.18 Å². The Bertz CT molecular complexity index is 708. The number of hydrogen-bond donors (Lipinski definition) is 2. The van der Waals surface area contributed by atoms with E-state index < -0.39 is 17.9 Å². The van der Waals surface area contributed by atoms with E-state index in [0.29, 0.717) is 15.8 Å². The lowest BCUT2D eigenvalue weighted by Gasteiger charge is -2.17. The molecule has 0 fully saturated rings. The van der Waals surface area contributed by atoms with Gasteiger partial charge in [-0.05, 0) is 42.0 Å². The number of halogens is 1. The van der Waals surface area contributed by atoms with E-state index in [1.807, 2.05) is 0 Å². The van der Waals surface area contributed by atoms with Gasteiger partial charge in [0.25, 0.3) is 5.91 Å². The summed E-state index contributed by atoms with van der Waals surface area (Å²) in [6.45, 7) is 5.19. The lowest BCUT2D eigenvalue weighted by molar-refractivity contribution is -0.140. The van der Waals surface area contributed by atoms with Crippen LogP contribution in [0, 0.1) is 18.7 Å². The highest BCUT2D eigenvalue weighted by Crippen LogP contribution is 2.31. The normalized spacial score (nSPS) is 12.6. The van der Waals surface area contributed by atoms with Crippen molar-refractivity contribution in [3.05, 3.63) is 34.5 Å². The van der Waals surface area contributed by atoms with Gasteiger partial charge in [-0.15, -0.1) is 11.3 Å². The number of fused-ring (bicyclic) bond motifs is 1. The lowest BCUT2D eigenvalue weighted by atomic mass is 10.0. The van der Waals surface area contributed by atoms with Crippen LogP contribution in [0.2, 0.25) is 0 Å². The minimum atomic E-state index is -1.07. The summed E-state index contributed by atoms with van der Waals surface area (Å²) in [5.74, 6) is -2.09. The molecule has 0 aliphatic rings. The summed E-state index contributed by atoms with van der Waals surface area (Å²) in [5, 5.41) is 12.3. The fourth-order valence-corrected chi connectivity index (χ4v) is 3.22. The molecule has 1 aromatic carbocycles. The fourth-order valence-electron chi connectivity index (χ4n) is 2.13. The molecule has 0 radical (unpaired) electrons. The predicted molar refractivity (Wildman–Crippen MR) is 80.2 cm³/mol. The first-order chi connectivity index (χ1) is 9.81. The topological polar surface area (TPSA) is 66.4 Å². The number of amides is 1. The number of carboxylic acid groups (broad SMARTS) is 1. The van der Waals surface area contributed by atoms with Crippen LogP contribution in [0.4, 0.5) is 4.39 Å². The first kappa shape index (κ1) is 15.4. The van der Waals surface area contributed by atoms with Crippen molar-refractivity contribution < 1.29 is 19.1 Å². The van der Waals surface area contributed by atoms with Crippen molar-refractivity contribution in [3.63, 3.8) is 0 Å². The molecule has 0 saturated heterocycles. The van der Waals surface area contributed by atoms with Crippen molar-refractivity contribution in [2.45, 2.75) is 26.8 Å². The number of carboxylic acids is 1. The second kappa shape index (κ2) is 5.81. The number of hydrogen-bond acceptors (Lipinski definition) is 3. The van der Waals surface area contributed by atoms with E-state index >= 15 is 0 Å². The average molecular weight is 309 g/mol. The molecule has 0 spiro atoms. The Morgan fingerprint density at radius 1 is 1.33 bits per heavy atom. The van der Waals surface area contributed by atoms with Gasteiger partial charge in [0.1, 0.15) is 11.9 Å². The van der Waals surface area contributed by atoms with Crippen molar-refractivity contribution in [3.8, 4) is 0 Å². The number of aryl methyl sites for hydroxylation is 1. The highest BCUT2D eigenvalue weighted by molar-refractivity contribution is 7.21. The van der Waals surface area contributed by atoms with Gasteiger partial charge >= 0.3 is 5.97 Å². The first-order valence-corrected chi connectivity index (χ1v) is 7.35. The van der Waals surface area contributed by atoms with Crippen molar-refractivity contribution >= 4 is 33.3 Å². The molecule has 2 aromatic rings. The van der Waals surface area contributed by atoms with Crippen LogP contribution in [0.1, 0.15) is 29.1 Å². The van der Waals surface area contributed by atoms with E-state index in [4.69, 9.17) is 5.11 Å². The number of benzene rings is 1. The number of carbonyl (C=O) groups is 2. The van der Waals surface area contributed by atoms with Crippen LogP contribution in [0.25, 0.3) is 10.1 Å². The maximum Gasteiger partial charge on any atom is 0.326 e. The Hall–Kier alpha value is -1.95. The maximum absolute atomic E-state index is 13.3. The molecule has 2 rings (SSSR count). The van der Waals surface area contributed by atoms with Crippen LogP contribution in [0.5, 0.6) is 0 Å². The molecule has 0 aliphatic heterocycles. The molecule has 1 aromatic heterocycles. The van der Waals surface area contributed by atoms with Gasteiger partial charge in [-0.2, -0.15) is 0 Å². The second-order valence-electron chi connectivity index (χ2n) is 5.23. The Balaban J connectivity index is 2.35. The van der Waals surface area contributed by atoms with E-state index in [1.54, 1.807) is 26.8 Å². The summed E-state index contributed by atoms with van der Waals surface area (Å²) in [6, 6.07) is 3.40. The van der Waals surface area contributed by atoms with Crippen LogP contribution < -0.4 is 5.32 Å². The van der Waals surface area contributed by atoms with Gasteiger partial charge in [0.2, 0.25) is 0 Å². The van der Waals surface area contributed by atoms with E-state index in [2.05, 4.69) is 5.32 Å². The molecule has 2 N–H and O–H groups in total. The van der Waals surface area contributed by atoms with Crippen molar-refractivity contribution in [1.29, 1.82) is 0 Å². The zero-order chi connectivity index (χ0) is 15.7. The monoisotopic (exact) mass is 309 g/mol. The Morgan fingerprint density at radius 3 is 2.57 bits per heavy atom. The first-order valence-electron chi connectivity index (χ1n) is 6.53. The summed E-state index contributed by atoms with van der Waals surface area (Å²) in [7, 11) is 0. The largest absolute Gasteiger partial charge is 0.480 e. The van der Waals surface area contributed by atoms with Gasteiger partial charge in [-0.3, -0.25) is 4.79 Å². The molecular weight excluding hydrogens is 293 g/mol. The minimum Gasteiger partial charge on any atom is -0.480 e. The van der Waals surface area contributed by atoms with Crippen molar-refractivity contribution in [1.82, 2.24) is 5.32 Å². The third-order valence-electron chi connectivity index (χ3n) is 3.32. The van der Waals surface area contributed by atoms with Crippen molar-refractivity contribution in [2.75, 3.05) is 0 Å². The summed E-state index contributed by atoms with van der Waals surface area (Å²) in [5.41, 5.74) is 0.667. The Labute approximate surface area is 125 Å². The molecule has 0 bridgehead atoms. The van der Waals surface area contributed by atoms with Crippen LogP contribution >= 0.6 is 11.3 Å². The highest BCUT2D eigenvalue weighted by Gasteiger charge is 2.25. The summed E-state index contributed by atoms with van der Waals surface area (Å²) < 4.78 is 14.1. The van der Waals surface area contributed by atoms with E-state index in [0.717, 1.165) is 4.70 Å². The fraction of sp³-hybridized carbons (Fsp3) is 0.333. The van der Waals surface area contributed by atoms with Crippen LogP contribution in [-0.2, 0) is 4.79 Å². The smallest absolute Gasteiger partial charge is 0.326 e. The van der Waals surface area contributed by atoms with E-state index in [1.165, 1.54) is 23.5 Å². The summed E-state index contributed by atoms with van der Waals surface area (Å²) in [4.78, 5) is 23.8. The average Bonchev–Trinajstić information content (AvgIpc) is 2.72. The third kappa shape index (κ3) is 3.05.